The van der Waals surface area contributed by atoms with Crippen LogP contribution in [0.1, 0.15) is 72.6 Å². The van der Waals surface area contributed by atoms with E-state index in [1.807, 2.05) is 0 Å². The van der Waals surface area contributed by atoms with E-state index in [0.717, 1.165) is 0 Å². The standard InChI is InChI=1S/C20H32O/c1-14(2)12-15-6-8-17-16(15)7-9-18-19(3,13-21)10-5-11-20(17,18)4/h12,14,18,21H,5-11,13H2,1-4H3/b15-12+/t18-,19-,20+/m0/s1. The largest absolute Gasteiger partial charge is 0.396 e. The molecule has 0 radical (unpaired) electrons. The molecule has 0 saturated heterocycles. The molecule has 0 unspecified atom stereocenters. The maximum absolute atomic E-state index is 9.99. The Labute approximate surface area is 130 Å². The molecule has 0 aromatic rings. The highest BCUT2D eigenvalue weighted by molar-refractivity contribution is 5.46. The summed E-state index contributed by atoms with van der Waals surface area (Å²) in [5.41, 5.74) is 5.64. The Morgan fingerprint density at radius 2 is 1.95 bits per heavy atom. The molecule has 0 spiro atoms. The van der Waals surface area contributed by atoms with Gasteiger partial charge in [-0.05, 0) is 72.3 Å². The molecule has 3 atom stereocenters. The van der Waals surface area contributed by atoms with Crippen LogP contribution in [0.5, 0.6) is 0 Å². The van der Waals surface area contributed by atoms with Crippen molar-refractivity contribution in [1.82, 2.24) is 0 Å². The van der Waals surface area contributed by atoms with Gasteiger partial charge >= 0.3 is 0 Å². The number of allylic oxidation sites excluding steroid dienone is 4. The molecule has 3 aliphatic carbocycles. The fraction of sp³-hybridized carbons (Fsp3) is 0.800. The van der Waals surface area contributed by atoms with Crippen molar-refractivity contribution in [1.29, 1.82) is 0 Å². The van der Waals surface area contributed by atoms with Crippen molar-refractivity contribution in [2.45, 2.75) is 72.6 Å². The van der Waals surface area contributed by atoms with Gasteiger partial charge in [-0.2, -0.15) is 0 Å². The molecule has 3 rings (SSSR count). The molecule has 0 amide bonds. The summed E-state index contributed by atoms with van der Waals surface area (Å²) in [6.45, 7) is 9.80. The van der Waals surface area contributed by atoms with Gasteiger partial charge in [0.2, 0.25) is 0 Å². The third-order valence-corrected chi connectivity index (χ3v) is 6.72. The van der Waals surface area contributed by atoms with E-state index >= 15 is 0 Å². The van der Waals surface area contributed by atoms with Crippen LogP contribution in [-0.2, 0) is 0 Å². The number of aliphatic hydroxyl groups is 1. The van der Waals surface area contributed by atoms with Crippen molar-refractivity contribution >= 4 is 0 Å². The van der Waals surface area contributed by atoms with Crippen molar-refractivity contribution in [2.24, 2.45) is 22.7 Å². The van der Waals surface area contributed by atoms with E-state index in [9.17, 15) is 5.11 Å². The third-order valence-electron chi connectivity index (χ3n) is 6.72. The molecule has 1 saturated carbocycles. The van der Waals surface area contributed by atoms with Crippen molar-refractivity contribution in [3.63, 3.8) is 0 Å². The first kappa shape index (κ1) is 15.3. The fourth-order valence-corrected chi connectivity index (χ4v) is 5.77. The SMILES string of the molecule is CC(C)/C=C1\CCC2=C1CC[C@H]1[C@](C)(CO)CCC[C@]21C. The topological polar surface area (TPSA) is 20.2 Å². The Balaban J connectivity index is 2.00. The minimum Gasteiger partial charge on any atom is -0.396 e. The Morgan fingerprint density at radius 1 is 1.19 bits per heavy atom. The van der Waals surface area contributed by atoms with E-state index in [1.165, 1.54) is 44.9 Å². The first-order valence-corrected chi connectivity index (χ1v) is 8.95. The lowest BCUT2D eigenvalue weighted by atomic mass is 9.50. The fourth-order valence-electron chi connectivity index (χ4n) is 5.77. The predicted molar refractivity (Wildman–Crippen MR) is 89.1 cm³/mol. The Hall–Kier alpha value is -0.560. The molecular formula is C20H32O. The zero-order valence-corrected chi connectivity index (χ0v) is 14.3. The molecule has 1 fully saturated rings. The lowest BCUT2D eigenvalue weighted by Crippen LogP contribution is -2.48. The second-order valence-electron chi connectivity index (χ2n) is 8.57. The molecule has 21 heavy (non-hydrogen) atoms. The van der Waals surface area contributed by atoms with Gasteiger partial charge in [-0.25, -0.2) is 0 Å². The van der Waals surface area contributed by atoms with Gasteiger partial charge in [-0.1, -0.05) is 45.8 Å². The maximum atomic E-state index is 9.99. The van der Waals surface area contributed by atoms with Gasteiger partial charge in [-0.15, -0.1) is 0 Å². The quantitative estimate of drug-likeness (QED) is 0.735. The van der Waals surface area contributed by atoms with Crippen LogP contribution in [0.2, 0.25) is 0 Å². The second kappa shape index (κ2) is 5.26. The zero-order valence-electron chi connectivity index (χ0n) is 14.3. The smallest absolute Gasteiger partial charge is 0.0487 e. The maximum Gasteiger partial charge on any atom is 0.0487 e. The normalized spacial score (nSPS) is 41.6. The molecule has 0 aromatic heterocycles. The number of hydrogen-bond donors (Lipinski definition) is 1. The molecule has 0 bridgehead atoms. The summed E-state index contributed by atoms with van der Waals surface area (Å²) in [5, 5.41) is 9.99. The van der Waals surface area contributed by atoms with E-state index in [0.29, 0.717) is 23.9 Å². The minimum atomic E-state index is 0.149. The van der Waals surface area contributed by atoms with Gasteiger partial charge < -0.3 is 5.11 Å². The van der Waals surface area contributed by atoms with E-state index in [-0.39, 0.29) is 5.41 Å². The molecule has 0 aromatic carbocycles. The molecule has 0 aliphatic heterocycles. The first-order chi connectivity index (χ1) is 9.90. The highest BCUT2D eigenvalue weighted by atomic mass is 16.3. The van der Waals surface area contributed by atoms with Gasteiger partial charge in [0.1, 0.15) is 0 Å². The van der Waals surface area contributed by atoms with E-state index in [1.54, 1.807) is 16.7 Å². The van der Waals surface area contributed by atoms with Crippen LogP contribution in [0.3, 0.4) is 0 Å². The second-order valence-corrected chi connectivity index (χ2v) is 8.57. The first-order valence-electron chi connectivity index (χ1n) is 8.95. The van der Waals surface area contributed by atoms with Crippen LogP contribution in [0.4, 0.5) is 0 Å². The zero-order chi connectivity index (χ0) is 15.3. The molecule has 3 aliphatic rings. The summed E-state index contributed by atoms with van der Waals surface area (Å²) in [7, 11) is 0. The number of rotatable bonds is 2. The Kier molecular flexibility index (Phi) is 3.84. The van der Waals surface area contributed by atoms with Crippen LogP contribution in [0.25, 0.3) is 0 Å². The Bertz CT molecular complexity index is 484. The van der Waals surface area contributed by atoms with E-state index < -0.39 is 0 Å². The number of fused-ring (bicyclic) bond motifs is 2. The molecule has 1 heteroatoms. The Morgan fingerprint density at radius 3 is 2.62 bits per heavy atom. The van der Waals surface area contributed by atoms with Crippen molar-refractivity contribution in [3.8, 4) is 0 Å². The average Bonchev–Trinajstić information content (AvgIpc) is 2.82. The van der Waals surface area contributed by atoms with E-state index in [4.69, 9.17) is 0 Å². The summed E-state index contributed by atoms with van der Waals surface area (Å²) in [6.07, 6.45) is 11.4. The average molecular weight is 288 g/mol. The van der Waals surface area contributed by atoms with Gasteiger partial charge in [0.05, 0.1) is 0 Å². The van der Waals surface area contributed by atoms with Crippen LogP contribution in [0, 0.1) is 22.7 Å². The molecule has 1 N–H and O–H groups in total. The summed E-state index contributed by atoms with van der Waals surface area (Å²) in [4.78, 5) is 0. The highest BCUT2D eigenvalue weighted by Gasteiger charge is 2.53. The minimum absolute atomic E-state index is 0.149. The summed E-state index contributed by atoms with van der Waals surface area (Å²) >= 11 is 0. The number of hydrogen-bond acceptors (Lipinski definition) is 1. The monoisotopic (exact) mass is 288 g/mol. The van der Waals surface area contributed by atoms with Gasteiger partial charge in [0.25, 0.3) is 0 Å². The van der Waals surface area contributed by atoms with Gasteiger partial charge in [0, 0.05) is 6.61 Å². The van der Waals surface area contributed by atoms with Crippen LogP contribution in [-0.4, -0.2) is 11.7 Å². The summed E-state index contributed by atoms with van der Waals surface area (Å²) in [6, 6.07) is 0. The third kappa shape index (κ3) is 2.32. The van der Waals surface area contributed by atoms with Crippen LogP contribution < -0.4 is 0 Å². The van der Waals surface area contributed by atoms with E-state index in [2.05, 4.69) is 33.8 Å². The van der Waals surface area contributed by atoms with Crippen LogP contribution in [0.15, 0.2) is 22.8 Å². The molecule has 118 valence electrons. The molecular weight excluding hydrogens is 256 g/mol. The summed E-state index contributed by atoms with van der Waals surface area (Å²) in [5.74, 6) is 1.34. The van der Waals surface area contributed by atoms with Crippen LogP contribution >= 0.6 is 0 Å². The van der Waals surface area contributed by atoms with Gasteiger partial charge in [-0.3, -0.25) is 0 Å². The predicted octanol–water partition coefficient (Wildman–Crippen LogP) is 5.26. The lowest BCUT2D eigenvalue weighted by molar-refractivity contribution is -0.0375. The highest BCUT2D eigenvalue weighted by Crippen LogP contribution is 2.62. The van der Waals surface area contributed by atoms with Crippen molar-refractivity contribution in [3.05, 3.63) is 22.8 Å². The molecule has 0 heterocycles. The molecule has 1 nitrogen and oxygen atoms in total. The summed E-state index contributed by atoms with van der Waals surface area (Å²) < 4.78 is 0. The number of aliphatic hydroxyl groups excluding tert-OH is 1. The lowest BCUT2D eigenvalue weighted by Gasteiger charge is -2.55. The van der Waals surface area contributed by atoms with Gasteiger partial charge in [0.15, 0.2) is 0 Å². The van der Waals surface area contributed by atoms with Crippen molar-refractivity contribution in [2.75, 3.05) is 6.61 Å². The van der Waals surface area contributed by atoms with Crippen molar-refractivity contribution < 1.29 is 5.11 Å².